The molecule has 226 valence electrons. The summed E-state index contributed by atoms with van der Waals surface area (Å²) in [5.74, 6) is 0.349. The van der Waals surface area contributed by atoms with Gasteiger partial charge in [-0.15, -0.1) is 0 Å². The summed E-state index contributed by atoms with van der Waals surface area (Å²) < 4.78 is 52.0. The van der Waals surface area contributed by atoms with Crippen molar-refractivity contribution in [2.24, 2.45) is 16.9 Å². The average molecular weight is 575 g/mol. The van der Waals surface area contributed by atoms with E-state index < -0.39 is 29.6 Å². The molecule has 0 amide bonds. The van der Waals surface area contributed by atoms with Gasteiger partial charge in [-0.25, -0.2) is 0 Å². The van der Waals surface area contributed by atoms with Crippen LogP contribution in [0.3, 0.4) is 0 Å². The predicted molar refractivity (Wildman–Crippen MR) is 158 cm³/mol. The van der Waals surface area contributed by atoms with Crippen LogP contribution in [0.15, 0.2) is 48.5 Å². The summed E-state index contributed by atoms with van der Waals surface area (Å²) >= 11 is 0. The van der Waals surface area contributed by atoms with Crippen molar-refractivity contribution in [3.63, 3.8) is 0 Å². The number of benzene rings is 2. The number of halogens is 3. The third-order valence-electron chi connectivity index (χ3n) is 7.65. The van der Waals surface area contributed by atoms with Gasteiger partial charge in [0.2, 0.25) is 0 Å². The number of nitrogens with two attached hydrogens (primary N) is 2. The van der Waals surface area contributed by atoms with Crippen molar-refractivity contribution in [3.8, 4) is 5.75 Å². The van der Waals surface area contributed by atoms with Gasteiger partial charge in [0, 0.05) is 11.6 Å². The number of allylic oxidation sites excluding steroid dienone is 2. The number of hydrogen-bond acceptors (Lipinski definition) is 5. The number of carbonyl (C=O) groups excluding carboxylic acids is 1. The molecule has 1 atom stereocenters. The number of ether oxygens (including phenoxy) is 2. The molecule has 1 aliphatic rings. The molecular formula is C33H45F3N2O3. The molecule has 2 aromatic carbocycles. The maximum atomic E-state index is 13.6. The molecule has 0 heterocycles. The van der Waals surface area contributed by atoms with Gasteiger partial charge in [-0.2, -0.15) is 13.2 Å². The predicted octanol–water partition coefficient (Wildman–Crippen LogP) is 7.46. The fourth-order valence-electron chi connectivity index (χ4n) is 5.17. The first-order valence-electron chi connectivity index (χ1n) is 14.5. The Morgan fingerprint density at radius 2 is 1.59 bits per heavy atom. The Balaban J connectivity index is 1.49. The lowest BCUT2D eigenvalue weighted by molar-refractivity contribution is -0.155. The SMILES string of the molecule is CC(C)(N)CC(N)C(C)(C)C(=O)OCCCCCOc1ccc(C2=C(CC(F)(F)F)c3ccccc3CCC2)cc1. The van der Waals surface area contributed by atoms with Crippen LogP contribution in [0.5, 0.6) is 5.75 Å². The van der Waals surface area contributed by atoms with Crippen molar-refractivity contribution in [2.45, 2.75) is 96.8 Å². The van der Waals surface area contributed by atoms with Crippen molar-refractivity contribution in [1.82, 2.24) is 0 Å². The summed E-state index contributed by atoms with van der Waals surface area (Å²) in [6.45, 7) is 8.14. The molecule has 5 nitrogen and oxygen atoms in total. The van der Waals surface area contributed by atoms with Crippen LogP contribution < -0.4 is 16.2 Å². The zero-order chi connectivity index (χ0) is 30.3. The fourth-order valence-corrected chi connectivity index (χ4v) is 5.17. The van der Waals surface area contributed by atoms with E-state index in [1.54, 1.807) is 26.0 Å². The molecule has 1 aliphatic carbocycles. The number of hydrogen-bond donors (Lipinski definition) is 2. The minimum absolute atomic E-state index is 0.314. The molecule has 2 aromatic rings. The third-order valence-corrected chi connectivity index (χ3v) is 7.65. The van der Waals surface area contributed by atoms with Gasteiger partial charge in [-0.05, 0) is 113 Å². The summed E-state index contributed by atoms with van der Waals surface area (Å²) in [4.78, 5) is 12.5. The Hall–Kier alpha value is -2.84. The lowest BCUT2D eigenvalue weighted by atomic mass is 9.79. The topological polar surface area (TPSA) is 87.6 Å². The van der Waals surface area contributed by atoms with E-state index in [9.17, 15) is 18.0 Å². The summed E-state index contributed by atoms with van der Waals surface area (Å²) in [7, 11) is 0. The summed E-state index contributed by atoms with van der Waals surface area (Å²) in [5.41, 5.74) is 14.6. The third kappa shape index (κ3) is 9.89. The molecule has 8 heteroatoms. The molecule has 41 heavy (non-hydrogen) atoms. The van der Waals surface area contributed by atoms with E-state index in [1.165, 1.54) is 0 Å². The van der Waals surface area contributed by atoms with Gasteiger partial charge >= 0.3 is 12.1 Å². The molecular weight excluding hydrogens is 529 g/mol. The number of rotatable bonds is 13. The highest BCUT2D eigenvalue weighted by Crippen LogP contribution is 2.42. The normalized spacial score (nSPS) is 15.2. The molecule has 0 bridgehead atoms. The molecule has 0 spiro atoms. The highest BCUT2D eigenvalue weighted by atomic mass is 19.4. The quantitative estimate of drug-likeness (QED) is 0.192. The molecule has 0 saturated heterocycles. The molecule has 4 N–H and O–H groups in total. The molecule has 0 aromatic heterocycles. The smallest absolute Gasteiger partial charge is 0.393 e. The van der Waals surface area contributed by atoms with Crippen LogP contribution in [0.4, 0.5) is 13.2 Å². The summed E-state index contributed by atoms with van der Waals surface area (Å²) in [5, 5.41) is 0. The first kappa shape index (κ1) is 32.7. The Morgan fingerprint density at radius 3 is 2.24 bits per heavy atom. The average Bonchev–Trinajstić information content (AvgIpc) is 3.06. The Kier molecular flexibility index (Phi) is 11.1. The monoisotopic (exact) mass is 574 g/mol. The van der Waals surface area contributed by atoms with Crippen molar-refractivity contribution in [2.75, 3.05) is 13.2 Å². The number of aryl methyl sites for hydroxylation is 1. The van der Waals surface area contributed by atoms with E-state index >= 15 is 0 Å². The van der Waals surface area contributed by atoms with Gasteiger partial charge in [0.05, 0.1) is 25.0 Å². The van der Waals surface area contributed by atoms with Gasteiger partial charge in [-0.3, -0.25) is 4.79 Å². The van der Waals surface area contributed by atoms with Crippen molar-refractivity contribution >= 4 is 17.1 Å². The lowest BCUT2D eigenvalue weighted by Gasteiger charge is -2.33. The lowest BCUT2D eigenvalue weighted by Crippen LogP contribution is -2.50. The minimum Gasteiger partial charge on any atom is -0.494 e. The maximum Gasteiger partial charge on any atom is 0.393 e. The van der Waals surface area contributed by atoms with E-state index in [0.717, 1.165) is 42.4 Å². The van der Waals surface area contributed by atoms with E-state index in [4.69, 9.17) is 20.9 Å². The largest absolute Gasteiger partial charge is 0.494 e. The molecule has 1 unspecified atom stereocenters. The molecule has 0 aliphatic heterocycles. The van der Waals surface area contributed by atoms with Gasteiger partial charge in [0.1, 0.15) is 5.75 Å². The van der Waals surface area contributed by atoms with Gasteiger partial charge in [-0.1, -0.05) is 36.4 Å². The minimum atomic E-state index is -4.29. The van der Waals surface area contributed by atoms with Crippen LogP contribution in [-0.4, -0.2) is 36.9 Å². The highest BCUT2D eigenvalue weighted by Gasteiger charge is 2.38. The van der Waals surface area contributed by atoms with Crippen molar-refractivity contribution < 1.29 is 27.4 Å². The van der Waals surface area contributed by atoms with Crippen LogP contribution >= 0.6 is 0 Å². The van der Waals surface area contributed by atoms with Gasteiger partial charge in [0.15, 0.2) is 0 Å². The summed E-state index contributed by atoms with van der Waals surface area (Å²) in [6.07, 6.45) is -0.252. The standard InChI is InChI=1S/C33H45F3N2O3/c1-31(2,38)22-29(37)32(3,4)30(39)41-20-9-5-8-19-40-25-17-15-24(16-18-25)27-14-10-12-23-11-6-7-13-26(23)28(27)21-33(34,35)36/h6-7,11,13,15-18,29H,5,8-10,12,14,19-22,37-38H2,1-4H3. The van der Waals surface area contributed by atoms with Gasteiger partial charge < -0.3 is 20.9 Å². The van der Waals surface area contributed by atoms with Crippen LogP contribution in [0, 0.1) is 5.41 Å². The van der Waals surface area contributed by atoms with E-state index in [0.29, 0.717) is 49.4 Å². The Labute approximate surface area is 242 Å². The summed E-state index contributed by atoms with van der Waals surface area (Å²) in [6, 6.07) is 14.4. The second-order valence-electron chi connectivity index (χ2n) is 12.4. The number of carbonyl (C=O) groups is 1. The van der Waals surface area contributed by atoms with E-state index in [1.807, 2.05) is 50.2 Å². The molecule has 3 rings (SSSR count). The fraction of sp³-hybridized carbons (Fsp3) is 0.545. The van der Waals surface area contributed by atoms with Crippen LogP contribution in [0.1, 0.15) is 89.3 Å². The first-order chi connectivity index (χ1) is 19.2. The van der Waals surface area contributed by atoms with Crippen molar-refractivity contribution in [3.05, 3.63) is 65.2 Å². The Morgan fingerprint density at radius 1 is 0.927 bits per heavy atom. The second-order valence-corrected chi connectivity index (χ2v) is 12.4. The zero-order valence-electron chi connectivity index (χ0n) is 24.8. The van der Waals surface area contributed by atoms with Crippen LogP contribution in [0.25, 0.3) is 11.1 Å². The zero-order valence-corrected chi connectivity index (χ0v) is 24.8. The van der Waals surface area contributed by atoms with Crippen LogP contribution in [-0.2, 0) is 16.0 Å². The molecule has 0 fully saturated rings. The maximum absolute atomic E-state index is 13.6. The molecule has 0 saturated carbocycles. The number of esters is 1. The number of fused-ring (bicyclic) bond motifs is 1. The van der Waals surface area contributed by atoms with E-state index in [2.05, 4.69) is 0 Å². The first-order valence-corrected chi connectivity index (χ1v) is 14.5. The number of alkyl halides is 3. The second kappa shape index (κ2) is 13.9. The highest BCUT2D eigenvalue weighted by molar-refractivity contribution is 5.92. The van der Waals surface area contributed by atoms with E-state index in [-0.39, 0.29) is 5.97 Å². The van der Waals surface area contributed by atoms with Crippen molar-refractivity contribution in [1.29, 1.82) is 0 Å². The van der Waals surface area contributed by atoms with Crippen LogP contribution in [0.2, 0.25) is 0 Å². The Bertz CT molecular complexity index is 1180. The molecule has 0 radical (unpaired) electrons. The van der Waals surface area contributed by atoms with Gasteiger partial charge in [0.25, 0.3) is 0 Å². The number of unbranched alkanes of at least 4 members (excludes halogenated alkanes) is 2.